The largest absolute Gasteiger partial charge is 0.508 e. The predicted octanol–water partition coefficient (Wildman–Crippen LogP) is 3.43. The van der Waals surface area contributed by atoms with Crippen LogP contribution in [0.2, 0.25) is 0 Å². The summed E-state index contributed by atoms with van der Waals surface area (Å²) in [5, 5.41) is 11.7. The van der Waals surface area contributed by atoms with Crippen molar-refractivity contribution in [3.8, 4) is 5.75 Å². The minimum Gasteiger partial charge on any atom is -0.508 e. The van der Waals surface area contributed by atoms with Crippen molar-refractivity contribution in [3.05, 3.63) is 47.4 Å². The number of benzene rings is 1. The summed E-state index contributed by atoms with van der Waals surface area (Å²) in [6.45, 7) is 0.839. The third-order valence-corrected chi connectivity index (χ3v) is 4.78. The van der Waals surface area contributed by atoms with Crippen LogP contribution in [0.1, 0.15) is 37.7 Å². The van der Waals surface area contributed by atoms with Crippen LogP contribution in [0, 0.1) is 5.92 Å². The average molecular weight is 295 g/mol. The molecule has 1 fully saturated rings. The molecule has 114 valence electrons. The van der Waals surface area contributed by atoms with Gasteiger partial charge in [0.2, 0.25) is 0 Å². The van der Waals surface area contributed by atoms with E-state index in [2.05, 4.69) is 21.5 Å². The van der Waals surface area contributed by atoms with Gasteiger partial charge < -0.3 is 5.11 Å². The highest BCUT2D eigenvalue weighted by molar-refractivity contribution is 6.12. The lowest BCUT2D eigenvalue weighted by atomic mass is 9.83. The monoisotopic (exact) mass is 295 g/mol. The molecular weight excluding hydrogens is 274 g/mol. The van der Waals surface area contributed by atoms with Gasteiger partial charge in [-0.3, -0.25) is 5.01 Å². The van der Waals surface area contributed by atoms with Crippen LogP contribution in [0.15, 0.2) is 46.9 Å². The minimum atomic E-state index is 0.302. The fraction of sp³-hybridized carbons (Fsp3) is 0.389. The van der Waals surface area contributed by atoms with Gasteiger partial charge in [-0.05, 0) is 36.6 Å². The fourth-order valence-electron chi connectivity index (χ4n) is 3.68. The number of hydrazine groups is 1. The molecule has 22 heavy (non-hydrogen) atoms. The first kappa shape index (κ1) is 13.6. The lowest BCUT2D eigenvalue weighted by molar-refractivity contribution is 0.271. The number of phenols is 1. The van der Waals surface area contributed by atoms with Gasteiger partial charge in [-0.25, -0.2) is 10.4 Å². The van der Waals surface area contributed by atoms with Crippen molar-refractivity contribution in [1.29, 1.82) is 0 Å². The van der Waals surface area contributed by atoms with Crippen molar-refractivity contribution in [1.82, 2.24) is 10.4 Å². The van der Waals surface area contributed by atoms with Crippen LogP contribution in [-0.4, -0.2) is 22.9 Å². The maximum atomic E-state index is 9.54. The number of aromatic hydroxyl groups is 1. The smallest absolute Gasteiger partial charge is 0.144 e. The molecule has 4 rings (SSSR count). The van der Waals surface area contributed by atoms with Crippen LogP contribution in [0.25, 0.3) is 5.57 Å². The zero-order chi connectivity index (χ0) is 14.9. The topological polar surface area (TPSA) is 47.9 Å². The molecular formula is C18H21N3O. The molecule has 3 aliphatic rings. The lowest BCUT2D eigenvalue weighted by Crippen LogP contribution is -2.37. The molecule has 1 aromatic carbocycles. The second kappa shape index (κ2) is 5.61. The highest BCUT2D eigenvalue weighted by atomic mass is 16.3. The van der Waals surface area contributed by atoms with E-state index in [0.717, 1.165) is 17.9 Å². The number of rotatable bonds is 2. The summed E-state index contributed by atoms with van der Waals surface area (Å²) < 4.78 is 0. The highest BCUT2D eigenvalue weighted by Gasteiger charge is 2.31. The molecule has 1 aliphatic carbocycles. The zero-order valence-corrected chi connectivity index (χ0v) is 12.6. The molecule has 4 nitrogen and oxygen atoms in total. The van der Waals surface area contributed by atoms with Gasteiger partial charge in [0, 0.05) is 29.9 Å². The van der Waals surface area contributed by atoms with E-state index in [1.165, 1.54) is 43.4 Å². The Morgan fingerprint density at radius 3 is 2.64 bits per heavy atom. The normalized spacial score (nSPS) is 22.0. The number of hydrogen-bond donors (Lipinski definition) is 2. The molecule has 2 N–H and O–H groups in total. The van der Waals surface area contributed by atoms with E-state index < -0.39 is 0 Å². The number of fused-ring (bicyclic) bond motifs is 1. The molecule has 0 aromatic heterocycles. The van der Waals surface area contributed by atoms with Crippen LogP contribution in [0.4, 0.5) is 0 Å². The van der Waals surface area contributed by atoms with Gasteiger partial charge in [0.05, 0.1) is 0 Å². The third-order valence-electron chi connectivity index (χ3n) is 4.78. The zero-order valence-electron chi connectivity index (χ0n) is 12.6. The summed E-state index contributed by atoms with van der Waals surface area (Å²) in [4.78, 5) is 4.60. The van der Waals surface area contributed by atoms with Gasteiger partial charge in [-0.2, -0.15) is 0 Å². The Hall–Kier alpha value is -2.07. The van der Waals surface area contributed by atoms with Gasteiger partial charge in [-0.1, -0.05) is 31.4 Å². The molecule has 0 saturated heterocycles. The van der Waals surface area contributed by atoms with Crippen molar-refractivity contribution in [2.75, 3.05) is 6.54 Å². The Bertz CT molecular complexity index is 651. The second-order valence-electron chi connectivity index (χ2n) is 6.20. The van der Waals surface area contributed by atoms with Crippen molar-refractivity contribution >= 4 is 11.8 Å². The van der Waals surface area contributed by atoms with Crippen LogP contribution in [0.3, 0.4) is 0 Å². The number of nitrogens with one attached hydrogen (secondary N) is 1. The van der Waals surface area contributed by atoms with E-state index in [1.807, 2.05) is 18.3 Å². The Morgan fingerprint density at radius 2 is 1.86 bits per heavy atom. The van der Waals surface area contributed by atoms with Gasteiger partial charge in [0.15, 0.2) is 0 Å². The van der Waals surface area contributed by atoms with Crippen LogP contribution in [0.5, 0.6) is 5.75 Å². The van der Waals surface area contributed by atoms with Gasteiger partial charge in [-0.15, -0.1) is 0 Å². The maximum absolute atomic E-state index is 9.54. The Balaban J connectivity index is 1.80. The molecule has 0 bridgehead atoms. The maximum Gasteiger partial charge on any atom is 0.144 e. The molecule has 1 saturated carbocycles. The summed E-state index contributed by atoms with van der Waals surface area (Å²) in [7, 11) is 0. The van der Waals surface area contributed by atoms with Crippen LogP contribution in [-0.2, 0) is 0 Å². The van der Waals surface area contributed by atoms with Crippen LogP contribution >= 0.6 is 0 Å². The Kier molecular flexibility index (Phi) is 3.47. The summed E-state index contributed by atoms with van der Waals surface area (Å²) in [6.07, 6.45) is 10.6. The summed E-state index contributed by atoms with van der Waals surface area (Å²) in [5.41, 5.74) is 7.09. The van der Waals surface area contributed by atoms with Crippen molar-refractivity contribution < 1.29 is 5.11 Å². The molecule has 0 spiro atoms. The molecule has 0 radical (unpaired) electrons. The number of aliphatic imine (C=N–C) groups is 1. The van der Waals surface area contributed by atoms with E-state index in [4.69, 9.17) is 0 Å². The Labute approximate surface area is 130 Å². The SMILES string of the molecule is Oc1ccc(C2=C(C3CCCCC3)N3NCC=C3N=C2)cc1. The summed E-state index contributed by atoms with van der Waals surface area (Å²) >= 11 is 0. The van der Waals surface area contributed by atoms with E-state index in [-0.39, 0.29) is 0 Å². The molecule has 1 aromatic rings. The first-order valence-electron chi connectivity index (χ1n) is 8.14. The van der Waals surface area contributed by atoms with E-state index in [9.17, 15) is 5.11 Å². The number of allylic oxidation sites excluding steroid dienone is 2. The van der Waals surface area contributed by atoms with Gasteiger partial charge >= 0.3 is 0 Å². The third kappa shape index (κ3) is 2.33. The number of nitrogens with zero attached hydrogens (tertiary/aromatic N) is 2. The first-order chi connectivity index (χ1) is 10.8. The summed E-state index contributed by atoms with van der Waals surface area (Å²) in [5.74, 6) is 1.90. The van der Waals surface area contributed by atoms with Crippen LogP contribution < -0.4 is 5.43 Å². The minimum absolute atomic E-state index is 0.302. The second-order valence-corrected chi connectivity index (χ2v) is 6.20. The van der Waals surface area contributed by atoms with E-state index >= 15 is 0 Å². The Morgan fingerprint density at radius 1 is 1.09 bits per heavy atom. The van der Waals surface area contributed by atoms with Gasteiger partial charge in [0.1, 0.15) is 11.6 Å². The molecule has 4 heteroatoms. The predicted molar refractivity (Wildman–Crippen MR) is 88.0 cm³/mol. The molecule has 0 amide bonds. The van der Waals surface area contributed by atoms with Crippen molar-refractivity contribution in [2.24, 2.45) is 10.9 Å². The molecule has 2 aliphatic heterocycles. The average Bonchev–Trinajstić information content (AvgIpc) is 3.04. The highest BCUT2D eigenvalue weighted by Crippen LogP contribution is 2.39. The number of hydrogen-bond acceptors (Lipinski definition) is 4. The van der Waals surface area contributed by atoms with E-state index in [0.29, 0.717) is 11.7 Å². The lowest BCUT2D eigenvalue weighted by Gasteiger charge is -2.35. The quantitative estimate of drug-likeness (QED) is 0.879. The summed E-state index contributed by atoms with van der Waals surface area (Å²) in [6, 6.07) is 7.45. The first-order valence-corrected chi connectivity index (χ1v) is 8.14. The van der Waals surface area contributed by atoms with Crippen molar-refractivity contribution in [2.45, 2.75) is 32.1 Å². The van der Waals surface area contributed by atoms with Crippen molar-refractivity contribution in [3.63, 3.8) is 0 Å². The standard InChI is InChI=1S/C18H21N3O/c22-15-8-6-13(7-9-15)16-12-19-17-10-11-20-21(17)18(16)14-4-2-1-3-5-14/h6-10,12,14,20,22H,1-5,11H2. The molecule has 0 unspecified atom stereocenters. The van der Waals surface area contributed by atoms with Gasteiger partial charge in [0.25, 0.3) is 0 Å². The number of phenolic OH excluding ortho intramolecular Hbond substituents is 1. The molecule has 0 atom stereocenters. The fourth-order valence-corrected chi connectivity index (χ4v) is 3.68. The van der Waals surface area contributed by atoms with E-state index in [1.54, 1.807) is 12.1 Å². The molecule has 2 heterocycles.